The molecule has 0 spiro atoms. The molecule has 0 saturated carbocycles. The summed E-state index contributed by atoms with van der Waals surface area (Å²) in [5.41, 5.74) is 11.6. The summed E-state index contributed by atoms with van der Waals surface area (Å²) in [6.45, 7) is 8.17. The van der Waals surface area contributed by atoms with Gasteiger partial charge in [-0.15, -0.1) is 0 Å². The first-order valence-electron chi connectivity index (χ1n) is 6.94. The van der Waals surface area contributed by atoms with Crippen LogP contribution in [-0.2, 0) is 6.54 Å². The maximum absolute atomic E-state index is 5.74. The van der Waals surface area contributed by atoms with Gasteiger partial charge in [0.05, 0.1) is 5.70 Å². The summed E-state index contributed by atoms with van der Waals surface area (Å²) < 4.78 is 0. The zero-order chi connectivity index (χ0) is 15.2. The van der Waals surface area contributed by atoms with Crippen LogP contribution in [0.5, 0.6) is 0 Å². The van der Waals surface area contributed by atoms with Crippen LogP contribution < -0.4 is 11.1 Å². The molecule has 3 heteroatoms. The van der Waals surface area contributed by atoms with Gasteiger partial charge in [0.2, 0.25) is 0 Å². The van der Waals surface area contributed by atoms with Crippen molar-refractivity contribution in [2.45, 2.75) is 20.4 Å². The van der Waals surface area contributed by atoms with Crippen LogP contribution in [-0.4, -0.2) is 6.72 Å². The minimum absolute atomic E-state index is 0.434. The number of benzene rings is 2. The van der Waals surface area contributed by atoms with Crippen LogP contribution in [0.15, 0.2) is 65.0 Å². The summed E-state index contributed by atoms with van der Waals surface area (Å²) in [5, 5.41) is 3.30. The lowest BCUT2D eigenvalue weighted by molar-refractivity contribution is 0.794. The molecule has 0 amide bonds. The average molecular weight is 279 g/mol. The normalized spacial score (nSPS) is 11.7. The van der Waals surface area contributed by atoms with E-state index in [-0.39, 0.29) is 0 Å². The zero-order valence-corrected chi connectivity index (χ0v) is 12.6. The second kappa shape index (κ2) is 6.75. The predicted octanol–water partition coefficient (Wildman–Crippen LogP) is 3.60. The molecule has 0 bridgehead atoms. The topological polar surface area (TPSA) is 50.4 Å². The first-order chi connectivity index (χ1) is 10.1. The maximum atomic E-state index is 5.74. The third kappa shape index (κ3) is 3.51. The zero-order valence-electron chi connectivity index (χ0n) is 12.6. The van der Waals surface area contributed by atoms with Crippen LogP contribution in [0.1, 0.15) is 18.1 Å². The quantitative estimate of drug-likeness (QED) is 0.822. The standard InChI is InChI=1S/C18H21N3/c1-13-8-4-6-10-16(13)17-11-7-5-9-15(17)12-21-14(2)18(19)20-3/h4-11,21H,3,12,19H2,1-2H3/b18-14-. The van der Waals surface area contributed by atoms with E-state index in [1.165, 1.54) is 22.3 Å². The van der Waals surface area contributed by atoms with Crippen molar-refractivity contribution in [1.29, 1.82) is 0 Å². The molecule has 0 saturated heterocycles. The van der Waals surface area contributed by atoms with Crippen molar-refractivity contribution in [2.75, 3.05) is 0 Å². The molecule has 108 valence electrons. The molecule has 0 aliphatic heterocycles. The Balaban J connectivity index is 2.30. The highest BCUT2D eigenvalue weighted by Gasteiger charge is 2.07. The van der Waals surface area contributed by atoms with E-state index in [4.69, 9.17) is 5.73 Å². The SMILES string of the molecule is C=N/C(N)=C(/C)NCc1ccccc1-c1ccccc1C. The summed E-state index contributed by atoms with van der Waals surface area (Å²) in [6.07, 6.45) is 0. The Hall–Kier alpha value is -2.55. The Bertz CT molecular complexity index is 672. The molecule has 3 nitrogen and oxygen atoms in total. The van der Waals surface area contributed by atoms with Crippen LogP contribution in [0.25, 0.3) is 11.1 Å². The van der Waals surface area contributed by atoms with Crippen LogP contribution in [0.2, 0.25) is 0 Å². The van der Waals surface area contributed by atoms with E-state index in [0.717, 1.165) is 5.70 Å². The first kappa shape index (κ1) is 14.9. The molecule has 21 heavy (non-hydrogen) atoms. The van der Waals surface area contributed by atoms with Gasteiger partial charge in [0, 0.05) is 6.54 Å². The Morgan fingerprint density at radius 1 is 1.10 bits per heavy atom. The fourth-order valence-corrected chi connectivity index (χ4v) is 2.25. The third-order valence-corrected chi connectivity index (χ3v) is 3.55. The number of aliphatic imine (C=N–C) groups is 1. The largest absolute Gasteiger partial charge is 0.382 e. The van der Waals surface area contributed by atoms with Crippen molar-refractivity contribution in [3.63, 3.8) is 0 Å². The number of nitrogens with one attached hydrogen (secondary N) is 1. The van der Waals surface area contributed by atoms with Crippen molar-refractivity contribution in [1.82, 2.24) is 5.32 Å². The molecular weight excluding hydrogens is 258 g/mol. The van der Waals surface area contributed by atoms with Gasteiger partial charge in [-0.3, -0.25) is 0 Å². The van der Waals surface area contributed by atoms with Gasteiger partial charge in [0.15, 0.2) is 0 Å². The molecule has 0 atom stereocenters. The molecule has 0 aromatic heterocycles. The van der Waals surface area contributed by atoms with Crippen molar-refractivity contribution in [3.8, 4) is 11.1 Å². The molecular formula is C18H21N3. The number of hydrogen-bond acceptors (Lipinski definition) is 3. The van der Waals surface area contributed by atoms with Gasteiger partial charge in [0.1, 0.15) is 5.82 Å². The van der Waals surface area contributed by atoms with E-state index in [0.29, 0.717) is 12.4 Å². The highest BCUT2D eigenvalue weighted by molar-refractivity contribution is 5.70. The Kier molecular flexibility index (Phi) is 4.77. The fourth-order valence-electron chi connectivity index (χ4n) is 2.25. The number of aryl methyl sites for hydroxylation is 1. The van der Waals surface area contributed by atoms with Gasteiger partial charge >= 0.3 is 0 Å². The van der Waals surface area contributed by atoms with E-state index in [9.17, 15) is 0 Å². The summed E-state index contributed by atoms with van der Waals surface area (Å²) in [5.74, 6) is 0.434. The van der Waals surface area contributed by atoms with Crippen molar-refractivity contribution >= 4 is 6.72 Å². The van der Waals surface area contributed by atoms with Crippen molar-refractivity contribution in [3.05, 3.63) is 71.2 Å². The van der Waals surface area contributed by atoms with Crippen LogP contribution in [0.3, 0.4) is 0 Å². The number of hydrogen-bond donors (Lipinski definition) is 2. The third-order valence-electron chi connectivity index (χ3n) is 3.55. The van der Waals surface area contributed by atoms with E-state index >= 15 is 0 Å². The highest BCUT2D eigenvalue weighted by atomic mass is 15.0. The number of nitrogens with two attached hydrogens (primary N) is 1. The maximum Gasteiger partial charge on any atom is 0.141 e. The first-order valence-corrected chi connectivity index (χ1v) is 6.94. The molecule has 0 heterocycles. The molecule has 0 fully saturated rings. The van der Waals surface area contributed by atoms with E-state index in [2.05, 4.69) is 66.4 Å². The molecule has 0 unspecified atom stereocenters. The van der Waals surface area contributed by atoms with E-state index < -0.39 is 0 Å². The molecule has 2 aromatic rings. The van der Waals surface area contributed by atoms with Gasteiger partial charge < -0.3 is 11.1 Å². The summed E-state index contributed by atoms with van der Waals surface area (Å²) in [6, 6.07) is 16.8. The van der Waals surface area contributed by atoms with Crippen molar-refractivity contribution < 1.29 is 0 Å². The van der Waals surface area contributed by atoms with Crippen LogP contribution in [0, 0.1) is 6.92 Å². The monoisotopic (exact) mass is 279 g/mol. The lowest BCUT2D eigenvalue weighted by Crippen LogP contribution is -2.15. The van der Waals surface area contributed by atoms with Gasteiger partial charge in [0.25, 0.3) is 0 Å². The smallest absolute Gasteiger partial charge is 0.141 e. The minimum Gasteiger partial charge on any atom is -0.382 e. The number of nitrogens with zero attached hydrogens (tertiary/aromatic N) is 1. The second-order valence-electron chi connectivity index (χ2n) is 4.99. The average Bonchev–Trinajstić information content (AvgIpc) is 2.52. The number of rotatable bonds is 5. The number of allylic oxidation sites excluding steroid dienone is 1. The molecule has 2 aromatic carbocycles. The Morgan fingerprint density at radius 2 is 1.71 bits per heavy atom. The molecule has 0 aliphatic rings. The predicted molar refractivity (Wildman–Crippen MR) is 89.9 cm³/mol. The molecule has 3 N–H and O–H groups in total. The van der Waals surface area contributed by atoms with E-state index in [1.807, 2.05) is 13.0 Å². The molecule has 2 rings (SSSR count). The van der Waals surface area contributed by atoms with Gasteiger partial charge in [-0.25, -0.2) is 4.99 Å². The summed E-state index contributed by atoms with van der Waals surface area (Å²) in [7, 11) is 0. The van der Waals surface area contributed by atoms with Crippen molar-refractivity contribution in [2.24, 2.45) is 10.7 Å². The van der Waals surface area contributed by atoms with Crippen LogP contribution >= 0.6 is 0 Å². The second-order valence-corrected chi connectivity index (χ2v) is 4.99. The molecule has 0 aliphatic carbocycles. The highest BCUT2D eigenvalue weighted by Crippen LogP contribution is 2.26. The van der Waals surface area contributed by atoms with Gasteiger partial charge in [-0.2, -0.15) is 0 Å². The minimum atomic E-state index is 0.434. The lowest BCUT2D eigenvalue weighted by atomic mass is 9.96. The summed E-state index contributed by atoms with van der Waals surface area (Å²) >= 11 is 0. The van der Waals surface area contributed by atoms with Gasteiger partial charge in [-0.05, 0) is 42.8 Å². The van der Waals surface area contributed by atoms with Crippen LogP contribution in [0.4, 0.5) is 0 Å². The fraction of sp³-hybridized carbons (Fsp3) is 0.167. The lowest BCUT2D eigenvalue weighted by Gasteiger charge is -2.14. The summed E-state index contributed by atoms with van der Waals surface area (Å²) in [4.78, 5) is 3.74. The molecule has 0 radical (unpaired) electrons. The Labute approximate surface area is 126 Å². The van der Waals surface area contributed by atoms with Gasteiger partial charge in [-0.1, -0.05) is 48.5 Å². The van der Waals surface area contributed by atoms with E-state index in [1.54, 1.807) is 0 Å². The Morgan fingerprint density at radius 3 is 2.38 bits per heavy atom.